The Morgan fingerprint density at radius 3 is 2.00 bits per heavy atom. The molecule has 44 valence electrons. The van der Waals surface area contributed by atoms with Crippen LogP contribution in [0.4, 0.5) is 0 Å². The molecule has 1 N–H and O–H groups in total. The first-order valence-electron chi connectivity index (χ1n) is 2.34. The van der Waals surface area contributed by atoms with E-state index in [0.717, 1.165) is 0 Å². The third-order valence-corrected chi connectivity index (χ3v) is 0.583. The number of carboxylic acids is 1. The average Bonchev–Trinajstić information content (AvgIpc) is 1.27. The van der Waals surface area contributed by atoms with Crippen molar-refractivity contribution in [2.75, 3.05) is 0 Å². The zero-order valence-corrected chi connectivity index (χ0v) is 9.79. The van der Waals surface area contributed by atoms with Gasteiger partial charge in [-0.2, -0.15) is 0 Å². The molecule has 0 heterocycles. The maximum absolute atomic E-state index is 9.81. The van der Waals surface area contributed by atoms with Crippen LogP contribution in [-0.4, -0.2) is 60.0 Å². The van der Waals surface area contributed by atoms with Crippen molar-refractivity contribution in [1.29, 1.82) is 0 Å². The van der Waals surface area contributed by atoms with Gasteiger partial charge in [0.2, 0.25) is 0 Å². The fourth-order valence-corrected chi connectivity index (χ4v) is 0.349. The first kappa shape index (κ1) is 11.8. The van der Waals surface area contributed by atoms with E-state index in [0.29, 0.717) is 0 Å². The van der Waals surface area contributed by atoms with Crippen LogP contribution in [0, 0.1) is 5.92 Å². The third-order valence-electron chi connectivity index (χ3n) is 0.583. The minimum atomic E-state index is -0.713. The SMILES string of the molecule is CC(C)CC(=O)O.[Ba]. The second kappa shape index (κ2) is 6.17. The molecule has 2 nitrogen and oxygen atoms in total. The summed E-state index contributed by atoms with van der Waals surface area (Å²) in [6.07, 6.45) is 0.278. The van der Waals surface area contributed by atoms with Crippen LogP contribution in [0.25, 0.3) is 0 Å². The van der Waals surface area contributed by atoms with Crippen LogP contribution >= 0.6 is 0 Å². The van der Waals surface area contributed by atoms with E-state index in [2.05, 4.69) is 0 Å². The molecule has 0 aliphatic carbocycles. The Labute approximate surface area is 89.7 Å². The first-order chi connectivity index (χ1) is 3.13. The predicted octanol–water partition coefficient (Wildman–Crippen LogP) is 0.736. The van der Waals surface area contributed by atoms with E-state index in [4.69, 9.17) is 5.11 Å². The largest absolute Gasteiger partial charge is 0.481 e. The van der Waals surface area contributed by atoms with Gasteiger partial charge in [-0.05, 0) is 5.92 Å². The zero-order chi connectivity index (χ0) is 5.86. The van der Waals surface area contributed by atoms with Gasteiger partial charge in [-0.25, -0.2) is 0 Å². The van der Waals surface area contributed by atoms with E-state index in [1.165, 1.54) is 0 Å². The molecule has 0 fully saturated rings. The normalized spacial score (nSPS) is 8.38. The molecule has 0 amide bonds. The maximum atomic E-state index is 9.81. The summed E-state index contributed by atoms with van der Waals surface area (Å²) >= 11 is 0. The van der Waals surface area contributed by atoms with E-state index >= 15 is 0 Å². The fourth-order valence-electron chi connectivity index (χ4n) is 0.349. The van der Waals surface area contributed by atoms with Crippen molar-refractivity contribution in [3.8, 4) is 0 Å². The molecule has 3 heteroatoms. The Morgan fingerprint density at radius 1 is 1.62 bits per heavy atom. The molecule has 0 aromatic carbocycles. The molecule has 0 aromatic rings. The summed E-state index contributed by atoms with van der Waals surface area (Å²) in [5, 5.41) is 8.08. The molecule has 0 aromatic heterocycles. The molecule has 0 bridgehead atoms. The first-order valence-corrected chi connectivity index (χ1v) is 2.34. The minimum Gasteiger partial charge on any atom is -0.481 e. The average molecular weight is 239 g/mol. The minimum absolute atomic E-state index is 0. The molecular weight excluding hydrogens is 229 g/mol. The van der Waals surface area contributed by atoms with Crippen LogP contribution in [0.2, 0.25) is 0 Å². The van der Waals surface area contributed by atoms with Gasteiger partial charge >= 0.3 is 5.97 Å². The molecular formula is C5H10BaO2. The number of hydrogen-bond acceptors (Lipinski definition) is 1. The van der Waals surface area contributed by atoms with Crippen molar-refractivity contribution in [2.24, 2.45) is 5.92 Å². The van der Waals surface area contributed by atoms with Gasteiger partial charge in [0.15, 0.2) is 0 Å². The van der Waals surface area contributed by atoms with Crippen LogP contribution in [0.1, 0.15) is 20.3 Å². The Bertz CT molecular complexity index is 70.8. The number of rotatable bonds is 2. The van der Waals surface area contributed by atoms with E-state index in [1.807, 2.05) is 13.8 Å². The summed E-state index contributed by atoms with van der Waals surface area (Å²) in [5.41, 5.74) is 0. The van der Waals surface area contributed by atoms with Gasteiger partial charge in [0.1, 0.15) is 0 Å². The Kier molecular flexibility index (Phi) is 9.09. The smallest absolute Gasteiger partial charge is 0.303 e. The summed E-state index contributed by atoms with van der Waals surface area (Å²) in [4.78, 5) is 9.81. The van der Waals surface area contributed by atoms with Crippen molar-refractivity contribution in [1.82, 2.24) is 0 Å². The summed E-state index contributed by atoms with van der Waals surface area (Å²) in [5.74, 6) is -0.438. The summed E-state index contributed by atoms with van der Waals surface area (Å²) in [6.45, 7) is 3.77. The van der Waals surface area contributed by atoms with Crippen molar-refractivity contribution < 1.29 is 9.90 Å². The fraction of sp³-hybridized carbons (Fsp3) is 0.800. The van der Waals surface area contributed by atoms with Gasteiger partial charge in [0.05, 0.1) is 0 Å². The van der Waals surface area contributed by atoms with Crippen molar-refractivity contribution in [3.05, 3.63) is 0 Å². The molecule has 0 saturated heterocycles. The predicted molar refractivity (Wildman–Crippen MR) is 32.8 cm³/mol. The topological polar surface area (TPSA) is 37.3 Å². The molecule has 0 aliphatic heterocycles. The van der Waals surface area contributed by atoms with E-state index in [1.54, 1.807) is 0 Å². The van der Waals surface area contributed by atoms with Crippen LogP contribution in [0.3, 0.4) is 0 Å². The Balaban J connectivity index is 0. The molecule has 0 unspecified atom stereocenters. The monoisotopic (exact) mass is 240 g/mol. The van der Waals surface area contributed by atoms with Crippen LogP contribution < -0.4 is 0 Å². The summed E-state index contributed by atoms with van der Waals surface area (Å²) in [6, 6.07) is 0. The second-order valence-corrected chi connectivity index (χ2v) is 1.99. The van der Waals surface area contributed by atoms with Crippen LogP contribution in [-0.2, 0) is 4.79 Å². The number of carbonyl (C=O) groups is 1. The number of aliphatic carboxylic acids is 1. The van der Waals surface area contributed by atoms with Gasteiger partial charge in [0, 0.05) is 55.3 Å². The van der Waals surface area contributed by atoms with E-state index in [-0.39, 0.29) is 61.2 Å². The quantitative estimate of drug-likeness (QED) is 0.722. The summed E-state index contributed by atoms with van der Waals surface area (Å²) < 4.78 is 0. The van der Waals surface area contributed by atoms with Gasteiger partial charge in [-0.3, -0.25) is 4.79 Å². The van der Waals surface area contributed by atoms with Crippen molar-refractivity contribution >= 4 is 54.9 Å². The maximum Gasteiger partial charge on any atom is 0.303 e. The van der Waals surface area contributed by atoms with Gasteiger partial charge in [-0.15, -0.1) is 0 Å². The molecule has 2 radical (unpaired) electrons. The van der Waals surface area contributed by atoms with Gasteiger partial charge < -0.3 is 5.11 Å². The third kappa shape index (κ3) is 10.1. The van der Waals surface area contributed by atoms with Crippen molar-refractivity contribution in [3.63, 3.8) is 0 Å². The van der Waals surface area contributed by atoms with Crippen LogP contribution in [0.15, 0.2) is 0 Å². The van der Waals surface area contributed by atoms with Crippen molar-refractivity contribution in [2.45, 2.75) is 20.3 Å². The molecule has 8 heavy (non-hydrogen) atoms. The zero-order valence-electron chi connectivity index (χ0n) is 5.35. The molecule has 0 spiro atoms. The summed E-state index contributed by atoms with van der Waals surface area (Å²) in [7, 11) is 0. The number of carboxylic acid groups (broad SMARTS) is 1. The Morgan fingerprint density at radius 2 is 2.00 bits per heavy atom. The second-order valence-electron chi connectivity index (χ2n) is 1.99. The molecule has 0 atom stereocenters. The van der Waals surface area contributed by atoms with Gasteiger partial charge in [0.25, 0.3) is 0 Å². The van der Waals surface area contributed by atoms with Gasteiger partial charge in [-0.1, -0.05) is 13.8 Å². The van der Waals surface area contributed by atoms with E-state index in [9.17, 15) is 4.79 Å². The molecule has 0 aliphatic rings. The van der Waals surface area contributed by atoms with Crippen LogP contribution in [0.5, 0.6) is 0 Å². The molecule has 0 rings (SSSR count). The Hall–Kier alpha value is 1.04. The van der Waals surface area contributed by atoms with E-state index < -0.39 is 5.97 Å². The standard InChI is InChI=1S/C5H10O2.Ba/c1-4(2)3-5(6)7;/h4H,3H2,1-2H3,(H,6,7);. The molecule has 0 saturated carbocycles. The number of hydrogen-bond donors (Lipinski definition) is 1.